The second-order valence-corrected chi connectivity index (χ2v) is 7.41. The highest BCUT2D eigenvalue weighted by atomic mass is 79.9. The van der Waals surface area contributed by atoms with Crippen molar-refractivity contribution in [1.82, 2.24) is 5.32 Å². The normalized spacial score (nSPS) is 20.4. The van der Waals surface area contributed by atoms with Crippen molar-refractivity contribution >= 4 is 26.7 Å². The van der Waals surface area contributed by atoms with E-state index in [0.29, 0.717) is 6.04 Å². The number of fused-ring (bicyclic) bond motifs is 1. The molecule has 1 aliphatic rings. The molecule has 2 rings (SSSR count). The maximum Gasteiger partial charge on any atom is 0.0244 e. The van der Waals surface area contributed by atoms with Gasteiger partial charge < -0.3 is 5.32 Å². The average Bonchev–Trinajstić information content (AvgIpc) is 2.34. The van der Waals surface area contributed by atoms with Gasteiger partial charge in [-0.1, -0.05) is 22.0 Å². The molecule has 0 saturated carbocycles. The Morgan fingerprint density at radius 3 is 3.06 bits per heavy atom. The highest BCUT2D eigenvalue weighted by Gasteiger charge is 2.17. The number of benzene rings is 1. The van der Waals surface area contributed by atoms with Crippen LogP contribution in [0, 0.1) is 0 Å². The van der Waals surface area contributed by atoms with Gasteiger partial charge in [-0.3, -0.25) is 4.21 Å². The van der Waals surface area contributed by atoms with Gasteiger partial charge in [0.15, 0.2) is 0 Å². The molecule has 1 N–H and O–H groups in total. The Labute approximate surface area is 120 Å². The molecule has 0 bridgehead atoms. The van der Waals surface area contributed by atoms with Gasteiger partial charge in [-0.15, -0.1) is 0 Å². The molecule has 0 fully saturated rings. The zero-order valence-electron chi connectivity index (χ0n) is 10.7. The van der Waals surface area contributed by atoms with E-state index in [1.165, 1.54) is 22.0 Å². The summed E-state index contributed by atoms with van der Waals surface area (Å²) in [5.74, 6) is 0.809. The lowest BCUT2D eigenvalue weighted by Crippen LogP contribution is -2.35. The Hall–Kier alpha value is -0.190. The van der Waals surface area contributed by atoms with E-state index in [-0.39, 0.29) is 0 Å². The predicted molar refractivity (Wildman–Crippen MR) is 81.5 cm³/mol. The van der Waals surface area contributed by atoms with Crippen LogP contribution in [0.5, 0.6) is 0 Å². The van der Waals surface area contributed by atoms with Crippen molar-refractivity contribution in [2.45, 2.75) is 31.7 Å². The number of rotatable bonds is 5. The summed E-state index contributed by atoms with van der Waals surface area (Å²) >= 11 is 3.53. The van der Waals surface area contributed by atoms with Crippen LogP contribution in [0.4, 0.5) is 0 Å². The Bertz CT molecular complexity index is 436. The molecule has 2 atom stereocenters. The van der Waals surface area contributed by atoms with E-state index in [2.05, 4.69) is 39.4 Å². The van der Waals surface area contributed by atoms with Gasteiger partial charge in [-0.25, -0.2) is 0 Å². The number of aryl methyl sites for hydroxylation is 1. The van der Waals surface area contributed by atoms with Crippen LogP contribution < -0.4 is 5.32 Å². The number of hydrogen-bond acceptors (Lipinski definition) is 2. The van der Waals surface area contributed by atoms with E-state index in [9.17, 15) is 4.21 Å². The van der Waals surface area contributed by atoms with Crippen molar-refractivity contribution in [3.63, 3.8) is 0 Å². The van der Waals surface area contributed by atoms with Crippen molar-refractivity contribution in [3.05, 3.63) is 33.8 Å². The van der Waals surface area contributed by atoms with E-state index >= 15 is 0 Å². The first kappa shape index (κ1) is 14.2. The lowest BCUT2D eigenvalue weighted by atomic mass is 9.88. The SMILES string of the molecule is CS(=O)CCCNC1CCc2cc(Br)ccc2C1. The quantitative estimate of drug-likeness (QED) is 0.841. The lowest BCUT2D eigenvalue weighted by Gasteiger charge is -2.25. The average molecular weight is 330 g/mol. The van der Waals surface area contributed by atoms with Crippen LogP contribution in [-0.4, -0.2) is 28.8 Å². The molecule has 0 aliphatic heterocycles. The topological polar surface area (TPSA) is 29.1 Å². The van der Waals surface area contributed by atoms with Gasteiger partial charge in [0, 0.05) is 33.3 Å². The van der Waals surface area contributed by atoms with Gasteiger partial charge in [-0.05, 0) is 55.5 Å². The van der Waals surface area contributed by atoms with Gasteiger partial charge in [0.25, 0.3) is 0 Å². The molecule has 100 valence electrons. The maximum absolute atomic E-state index is 11.0. The molecule has 18 heavy (non-hydrogen) atoms. The fraction of sp³-hybridized carbons (Fsp3) is 0.571. The molecule has 1 aromatic rings. The summed E-state index contributed by atoms with van der Waals surface area (Å²) in [5, 5.41) is 3.59. The summed E-state index contributed by atoms with van der Waals surface area (Å²) < 4.78 is 12.1. The first-order chi connectivity index (χ1) is 8.65. The number of nitrogens with one attached hydrogen (secondary N) is 1. The summed E-state index contributed by atoms with van der Waals surface area (Å²) in [4.78, 5) is 0. The van der Waals surface area contributed by atoms with Crippen LogP contribution in [0.1, 0.15) is 24.0 Å². The molecule has 0 radical (unpaired) electrons. The molecular weight excluding hydrogens is 310 g/mol. The van der Waals surface area contributed by atoms with Crippen molar-refractivity contribution < 1.29 is 4.21 Å². The fourth-order valence-corrected chi connectivity index (χ4v) is 3.44. The van der Waals surface area contributed by atoms with Crippen LogP contribution in [0.3, 0.4) is 0 Å². The Kier molecular flexibility index (Phi) is 5.39. The van der Waals surface area contributed by atoms with E-state index < -0.39 is 10.8 Å². The van der Waals surface area contributed by atoms with Crippen molar-refractivity contribution in [2.75, 3.05) is 18.6 Å². The molecule has 1 aromatic carbocycles. The van der Waals surface area contributed by atoms with Gasteiger partial charge in [0.1, 0.15) is 0 Å². The van der Waals surface area contributed by atoms with Gasteiger partial charge in [0.05, 0.1) is 0 Å². The molecule has 2 nitrogen and oxygen atoms in total. The van der Waals surface area contributed by atoms with E-state index in [0.717, 1.165) is 31.6 Å². The largest absolute Gasteiger partial charge is 0.314 e. The molecule has 0 heterocycles. The highest BCUT2D eigenvalue weighted by Crippen LogP contribution is 2.24. The van der Waals surface area contributed by atoms with Gasteiger partial charge in [-0.2, -0.15) is 0 Å². The monoisotopic (exact) mass is 329 g/mol. The summed E-state index contributed by atoms with van der Waals surface area (Å²) in [6.45, 7) is 0.982. The summed E-state index contributed by atoms with van der Waals surface area (Å²) in [6.07, 6.45) is 6.27. The molecule has 0 saturated heterocycles. The predicted octanol–water partition coefficient (Wildman–Crippen LogP) is 2.66. The van der Waals surface area contributed by atoms with Crippen molar-refractivity contribution in [2.24, 2.45) is 0 Å². The molecule has 0 aromatic heterocycles. The lowest BCUT2D eigenvalue weighted by molar-refractivity contribution is 0.459. The molecule has 2 unspecified atom stereocenters. The molecule has 0 spiro atoms. The van der Waals surface area contributed by atoms with Crippen LogP contribution >= 0.6 is 15.9 Å². The third kappa shape index (κ3) is 4.18. The molecule has 1 aliphatic carbocycles. The Morgan fingerprint density at radius 2 is 2.28 bits per heavy atom. The third-order valence-corrected chi connectivity index (χ3v) is 4.80. The maximum atomic E-state index is 11.0. The second kappa shape index (κ2) is 6.83. The van der Waals surface area contributed by atoms with Crippen molar-refractivity contribution in [3.8, 4) is 0 Å². The Balaban J connectivity index is 1.81. The van der Waals surface area contributed by atoms with Crippen LogP contribution in [0.15, 0.2) is 22.7 Å². The van der Waals surface area contributed by atoms with E-state index in [4.69, 9.17) is 0 Å². The molecular formula is C14H20BrNOS. The first-order valence-corrected chi connectivity index (χ1v) is 8.98. The summed E-state index contributed by atoms with van der Waals surface area (Å²) in [6, 6.07) is 7.19. The second-order valence-electron chi connectivity index (χ2n) is 4.94. The van der Waals surface area contributed by atoms with Gasteiger partial charge >= 0.3 is 0 Å². The van der Waals surface area contributed by atoms with Crippen LogP contribution in [0.25, 0.3) is 0 Å². The zero-order chi connectivity index (χ0) is 13.0. The van der Waals surface area contributed by atoms with Crippen LogP contribution in [0.2, 0.25) is 0 Å². The fourth-order valence-electron chi connectivity index (χ4n) is 2.48. The zero-order valence-corrected chi connectivity index (χ0v) is 13.1. The number of hydrogen-bond donors (Lipinski definition) is 1. The summed E-state index contributed by atoms with van der Waals surface area (Å²) in [5.41, 5.74) is 2.96. The molecule has 4 heteroatoms. The van der Waals surface area contributed by atoms with Crippen LogP contribution in [-0.2, 0) is 23.6 Å². The Morgan fingerprint density at radius 1 is 1.44 bits per heavy atom. The first-order valence-electron chi connectivity index (χ1n) is 6.46. The molecule has 0 amide bonds. The minimum absolute atomic E-state index is 0.587. The summed E-state index contributed by atoms with van der Waals surface area (Å²) in [7, 11) is -0.656. The van der Waals surface area contributed by atoms with E-state index in [1.807, 2.05) is 0 Å². The third-order valence-electron chi connectivity index (χ3n) is 3.44. The van der Waals surface area contributed by atoms with E-state index in [1.54, 1.807) is 6.26 Å². The smallest absolute Gasteiger partial charge is 0.0244 e. The van der Waals surface area contributed by atoms with Crippen molar-refractivity contribution in [1.29, 1.82) is 0 Å². The minimum Gasteiger partial charge on any atom is -0.314 e. The van der Waals surface area contributed by atoms with Gasteiger partial charge in [0.2, 0.25) is 0 Å². The minimum atomic E-state index is -0.656. The number of halogens is 1. The standard InChI is InChI=1S/C14H20BrNOS/c1-18(17)8-2-7-16-14-6-4-11-9-13(15)5-3-12(11)10-14/h3,5,9,14,16H,2,4,6-8,10H2,1H3. The highest BCUT2D eigenvalue weighted by molar-refractivity contribution is 9.10.